The predicted molar refractivity (Wildman–Crippen MR) is 83.2 cm³/mol. The zero-order chi connectivity index (χ0) is 15.1. The Kier molecular flexibility index (Phi) is 6.29. The van der Waals surface area contributed by atoms with E-state index < -0.39 is 0 Å². The lowest BCUT2D eigenvalue weighted by atomic mass is 10.0. The van der Waals surface area contributed by atoms with E-state index in [0.717, 1.165) is 50.8 Å². The number of rotatable bonds is 8. The molecule has 1 atom stereocenters. The molecule has 1 N–H and O–H groups in total. The molecule has 1 unspecified atom stereocenters. The fraction of sp³-hybridized carbons (Fsp3) is 0.625. The monoisotopic (exact) mass is 294 g/mol. The molecule has 5 nitrogen and oxygen atoms in total. The second-order valence-electron chi connectivity index (χ2n) is 5.46. The summed E-state index contributed by atoms with van der Waals surface area (Å²) in [6.07, 6.45) is 0.970. The first-order chi connectivity index (χ1) is 10.2. The van der Waals surface area contributed by atoms with E-state index in [-0.39, 0.29) is 0 Å². The summed E-state index contributed by atoms with van der Waals surface area (Å²) in [5.41, 5.74) is 1.17. The minimum absolute atomic E-state index is 0.307. The van der Waals surface area contributed by atoms with Crippen molar-refractivity contribution in [1.29, 1.82) is 0 Å². The third kappa shape index (κ3) is 4.88. The van der Waals surface area contributed by atoms with E-state index >= 15 is 0 Å². The van der Waals surface area contributed by atoms with Crippen molar-refractivity contribution in [1.82, 2.24) is 10.2 Å². The smallest absolute Gasteiger partial charge is 0.124 e. The van der Waals surface area contributed by atoms with Crippen molar-refractivity contribution >= 4 is 0 Å². The van der Waals surface area contributed by atoms with Crippen LogP contribution in [0.4, 0.5) is 0 Å². The van der Waals surface area contributed by atoms with Gasteiger partial charge in [0.25, 0.3) is 0 Å². The summed E-state index contributed by atoms with van der Waals surface area (Å²) in [6, 6.07) is 6.28. The summed E-state index contributed by atoms with van der Waals surface area (Å²) in [6.45, 7) is 4.04. The third-order valence-corrected chi connectivity index (χ3v) is 3.58. The topological polar surface area (TPSA) is 43.0 Å². The van der Waals surface area contributed by atoms with E-state index in [9.17, 15) is 0 Å². The van der Waals surface area contributed by atoms with Gasteiger partial charge in [0.1, 0.15) is 11.5 Å². The highest BCUT2D eigenvalue weighted by Gasteiger charge is 2.21. The molecule has 1 aliphatic rings. The second-order valence-corrected chi connectivity index (χ2v) is 5.46. The Labute approximate surface area is 127 Å². The summed E-state index contributed by atoms with van der Waals surface area (Å²) >= 11 is 0. The van der Waals surface area contributed by atoms with Gasteiger partial charge in [0, 0.05) is 31.1 Å². The molecule has 118 valence electrons. The van der Waals surface area contributed by atoms with Gasteiger partial charge >= 0.3 is 0 Å². The van der Waals surface area contributed by atoms with Crippen molar-refractivity contribution in [3.63, 3.8) is 0 Å². The molecule has 0 aromatic heterocycles. The molecule has 2 rings (SSSR count). The Morgan fingerprint density at radius 3 is 2.95 bits per heavy atom. The van der Waals surface area contributed by atoms with Gasteiger partial charge in [0.05, 0.1) is 26.9 Å². The minimum Gasteiger partial charge on any atom is -0.497 e. The Balaban J connectivity index is 1.80. The fourth-order valence-corrected chi connectivity index (χ4v) is 2.37. The largest absolute Gasteiger partial charge is 0.497 e. The van der Waals surface area contributed by atoms with E-state index in [1.54, 1.807) is 7.11 Å². The maximum atomic E-state index is 5.69. The molecule has 0 aliphatic carbocycles. The summed E-state index contributed by atoms with van der Waals surface area (Å²) in [5.74, 6) is 1.82. The Bertz CT molecular complexity index is 438. The molecule has 0 saturated heterocycles. The number of fused-ring (bicyclic) bond motifs is 1. The number of methoxy groups -OCH3 is 1. The standard InChI is InChI=1S/C16H26N2O3/c1-18(2)8-11-20-10-7-17-15-6-9-21-16-5-4-13(19-3)12-14(15)16/h4-5,12,15,17H,6-11H2,1-3H3. The van der Waals surface area contributed by atoms with Gasteiger partial charge in [0.2, 0.25) is 0 Å². The quantitative estimate of drug-likeness (QED) is 0.739. The van der Waals surface area contributed by atoms with Gasteiger partial charge in [-0.15, -0.1) is 0 Å². The van der Waals surface area contributed by atoms with Gasteiger partial charge in [-0.05, 0) is 32.3 Å². The molecule has 0 fully saturated rings. The lowest BCUT2D eigenvalue weighted by Gasteiger charge is -2.27. The van der Waals surface area contributed by atoms with Crippen molar-refractivity contribution in [2.24, 2.45) is 0 Å². The molecule has 1 aromatic rings. The molecule has 0 bridgehead atoms. The van der Waals surface area contributed by atoms with E-state index in [4.69, 9.17) is 14.2 Å². The highest BCUT2D eigenvalue weighted by Crippen LogP contribution is 2.34. The molecule has 5 heteroatoms. The zero-order valence-electron chi connectivity index (χ0n) is 13.2. The van der Waals surface area contributed by atoms with Gasteiger partial charge in [0.15, 0.2) is 0 Å². The third-order valence-electron chi connectivity index (χ3n) is 3.58. The van der Waals surface area contributed by atoms with Gasteiger partial charge in [-0.25, -0.2) is 0 Å². The zero-order valence-corrected chi connectivity index (χ0v) is 13.2. The first-order valence-corrected chi connectivity index (χ1v) is 7.47. The minimum atomic E-state index is 0.307. The molecule has 0 radical (unpaired) electrons. The molecule has 1 heterocycles. The van der Waals surface area contributed by atoms with Gasteiger partial charge in [-0.1, -0.05) is 0 Å². The summed E-state index contributed by atoms with van der Waals surface area (Å²) in [4.78, 5) is 2.12. The maximum absolute atomic E-state index is 5.69. The van der Waals surface area contributed by atoms with E-state index in [2.05, 4.69) is 16.3 Å². The van der Waals surface area contributed by atoms with Crippen LogP contribution < -0.4 is 14.8 Å². The van der Waals surface area contributed by atoms with Crippen LogP contribution in [0.5, 0.6) is 11.5 Å². The van der Waals surface area contributed by atoms with Gasteiger partial charge < -0.3 is 24.4 Å². The van der Waals surface area contributed by atoms with Gasteiger partial charge in [-0.3, -0.25) is 0 Å². The molecule has 0 saturated carbocycles. The first-order valence-electron chi connectivity index (χ1n) is 7.47. The summed E-state index contributed by atoms with van der Waals surface area (Å²) in [5, 5.41) is 3.54. The van der Waals surface area contributed by atoms with E-state index in [1.165, 1.54) is 5.56 Å². The molecule has 21 heavy (non-hydrogen) atoms. The number of hydrogen-bond donors (Lipinski definition) is 1. The average molecular weight is 294 g/mol. The number of benzene rings is 1. The number of likely N-dealkylation sites (N-methyl/N-ethyl adjacent to an activating group) is 1. The van der Waals surface area contributed by atoms with Crippen molar-refractivity contribution in [3.8, 4) is 11.5 Å². The predicted octanol–water partition coefficient (Wildman–Crippen LogP) is 1.69. The average Bonchev–Trinajstić information content (AvgIpc) is 2.50. The van der Waals surface area contributed by atoms with Crippen LogP contribution in [0.15, 0.2) is 18.2 Å². The number of ether oxygens (including phenoxy) is 3. The van der Waals surface area contributed by atoms with Crippen LogP contribution in [0, 0.1) is 0 Å². The van der Waals surface area contributed by atoms with Crippen LogP contribution in [0.1, 0.15) is 18.0 Å². The number of nitrogens with zero attached hydrogens (tertiary/aromatic N) is 1. The van der Waals surface area contributed by atoms with Crippen molar-refractivity contribution < 1.29 is 14.2 Å². The van der Waals surface area contributed by atoms with E-state index in [0.29, 0.717) is 6.04 Å². The first kappa shape index (κ1) is 16.1. The second kappa shape index (κ2) is 8.22. The molecule has 1 aliphatic heterocycles. The highest BCUT2D eigenvalue weighted by molar-refractivity contribution is 5.43. The molecule has 0 amide bonds. The van der Waals surface area contributed by atoms with Crippen LogP contribution in [-0.4, -0.2) is 59.0 Å². The molecule has 0 spiro atoms. The van der Waals surface area contributed by atoms with Crippen molar-refractivity contribution in [2.45, 2.75) is 12.5 Å². The SMILES string of the molecule is COc1ccc2c(c1)C(NCCOCCN(C)C)CCO2. The number of hydrogen-bond acceptors (Lipinski definition) is 5. The summed E-state index contributed by atoms with van der Waals surface area (Å²) < 4.78 is 16.6. The lowest BCUT2D eigenvalue weighted by Crippen LogP contribution is -2.30. The number of nitrogens with one attached hydrogen (secondary N) is 1. The fourth-order valence-electron chi connectivity index (χ4n) is 2.37. The van der Waals surface area contributed by atoms with Crippen molar-refractivity contribution in [2.75, 3.05) is 54.1 Å². The Hall–Kier alpha value is -1.30. The van der Waals surface area contributed by atoms with E-state index in [1.807, 2.05) is 26.2 Å². The van der Waals surface area contributed by atoms with Crippen LogP contribution in [0.25, 0.3) is 0 Å². The van der Waals surface area contributed by atoms with Crippen LogP contribution in [0.2, 0.25) is 0 Å². The summed E-state index contributed by atoms with van der Waals surface area (Å²) in [7, 11) is 5.79. The normalized spacial score (nSPS) is 17.4. The van der Waals surface area contributed by atoms with Crippen LogP contribution in [-0.2, 0) is 4.74 Å². The van der Waals surface area contributed by atoms with Gasteiger partial charge in [-0.2, -0.15) is 0 Å². The molecule has 1 aromatic carbocycles. The maximum Gasteiger partial charge on any atom is 0.124 e. The van der Waals surface area contributed by atoms with Crippen LogP contribution in [0.3, 0.4) is 0 Å². The Morgan fingerprint density at radius 1 is 1.33 bits per heavy atom. The Morgan fingerprint density at radius 2 is 2.19 bits per heavy atom. The van der Waals surface area contributed by atoms with Crippen molar-refractivity contribution in [3.05, 3.63) is 23.8 Å². The highest BCUT2D eigenvalue weighted by atomic mass is 16.5. The molecular weight excluding hydrogens is 268 g/mol. The van der Waals surface area contributed by atoms with Crippen LogP contribution >= 0.6 is 0 Å². The lowest BCUT2D eigenvalue weighted by molar-refractivity contribution is 0.116. The molecular formula is C16H26N2O3.